The van der Waals surface area contributed by atoms with Gasteiger partial charge in [0.2, 0.25) is 0 Å². The predicted octanol–water partition coefficient (Wildman–Crippen LogP) is 1.40. The van der Waals surface area contributed by atoms with Crippen LogP contribution in [0.2, 0.25) is 0 Å². The first-order valence-electron chi connectivity index (χ1n) is 6.59. The molecule has 2 heterocycles. The second-order valence-corrected chi connectivity index (χ2v) is 5.07. The largest absolute Gasteiger partial charge is 0.488 e. The maximum absolute atomic E-state index is 12.4. The third-order valence-electron chi connectivity index (χ3n) is 3.73. The fraction of sp³-hybridized carbons (Fsp3) is 0.333. The highest BCUT2D eigenvalue weighted by molar-refractivity contribution is 5.99. The van der Waals surface area contributed by atoms with Crippen LogP contribution in [0, 0.1) is 5.92 Å². The Kier molecular flexibility index (Phi) is 3.18. The molecule has 1 aromatic rings. The Morgan fingerprint density at radius 3 is 2.85 bits per heavy atom. The number of hydrogen-bond donors (Lipinski definition) is 1. The number of carboxylic acids is 1. The van der Waals surface area contributed by atoms with Crippen LogP contribution < -0.4 is 4.74 Å². The van der Waals surface area contributed by atoms with E-state index in [1.165, 1.54) is 0 Å². The molecule has 1 amide bonds. The number of fused-ring (bicyclic) bond motifs is 1. The van der Waals surface area contributed by atoms with Gasteiger partial charge in [0.25, 0.3) is 5.91 Å². The average molecular weight is 273 g/mol. The lowest BCUT2D eigenvalue weighted by atomic mass is 10.1. The molecule has 0 aromatic heterocycles. The molecule has 1 fully saturated rings. The van der Waals surface area contributed by atoms with Gasteiger partial charge in [-0.2, -0.15) is 0 Å². The molecule has 3 rings (SSSR count). The second kappa shape index (κ2) is 5.00. The van der Waals surface area contributed by atoms with Gasteiger partial charge >= 0.3 is 5.97 Å². The van der Waals surface area contributed by atoms with Crippen molar-refractivity contribution in [3.8, 4) is 5.75 Å². The summed E-state index contributed by atoms with van der Waals surface area (Å²) in [4.78, 5) is 24.9. The molecule has 0 aliphatic carbocycles. The molecule has 5 heteroatoms. The van der Waals surface area contributed by atoms with Crippen LogP contribution in [-0.4, -0.2) is 41.6 Å². The lowest BCUT2D eigenvalue weighted by Crippen LogP contribution is -2.33. The van der Waals surface area contributed by atoms with Crippen molar-refractivity contribution in [1.29, 1.82) is 0 Å². The van der Waals surface area contributed by atoms with Crippen LogP contribution in [0.3, 0.4) is 0 Å². The molecule has 104 valence electrons. The number of carboxylic acid groups (broad SMARTS) is 1. The molecule has 1 aromatic carbocycles. The molecular formula is C15H15NO4. The molecule has 1 atom stereocenters. The predicted molar refractivity (Wildman–Crippen MR) is 72.2 cm³/mol. The Hall–Kier alpha value is -2.30. The first-order valence-corrected chi connectivity index (χ1v) is 6.59. The lowest BCUT2D eigenvalue weighted by molar-refractivity contribution is -0.141. The number of aliphatic carboxylic acids is 1. The molecule has 0 spiro atoms. The third kappa shape index (κ3) is 2.27. The van der Waals surface area contributed by atoms with Crippen LogP contribution in [0.1, 0.15) is 12.0 Å². The number of carbonyl (C=O) groups excluding carboxylic acids is 1. The van der Waals surface area contributed by atoms with Crippen molar-refractivity contribution in [3.63, 3.8) is 0 Å². The van der Waals surface area contributed by atoms with Gasteiger partial charge < -0.3 is 14.7 Å². The second-order valence-electron chi connectivity index (χ2n) is 5.07. The topological polar surface area (TPSA) is 66.8 Å². The minimum Gasteiger partial charge on any atom is -0.488 e. The highest BCUT2D eigenvalue weighted by atomic mass is 16.5. The molecule has 2 aliphatic rings. The van der Waals surface area contributed by atoms with Crippen molar-refractivity contribution in [2.24, 2.45) is 5.92 Å². The van der Waals surface area contributed by atoms with E-state index in [9.17, 15) is 9.59 Å². The number of benzene rings is 1. The zero-order valence-corrected chi connectivity index (χ0v) is 10.9. The number of rotatable bonds is 2. The van der Waals surface area contributed by atoms with E-state index in [2.05, 4.69) is 0 Å². The standard InChI is InChI=1S/C15H15NO4/c17-14(16-6-5-11(8-16)15(18)19)12-7-10-3-1-2-4-13(10)20-9-12/h1-4,7,11H,5-6,8-9H2,(H,18,19)/t11-/m0/s1. The van der Waals surface area contributed by atoms with Crippen LogP contribution >= 0.6 is 0 Å². The van der Waals surface area contributed by atoms with Crippen LogP contribution in [0.15, 0.2) is 29.8 Å². The zero-order chi connectivity index (χ0) is 14.1. The molecular weight excluding hydrogens is 258 g/mol. The van der Waals surface area contributed by atoms with E-state index >= 15 is 0 Å². The maximum Gasteiger partial charge on any atom is 0.308 e. The van der Waals surface area contributed by atoms with Crippen molar-refractivity contribution < 1.29 is 19.4 Å². The summed E-state index contributed by atoms with van der Waals surface area (Å²) in [5.41, 5.74) is 1.46. The summed E-state index contributed by atoms with van der Waals surface area (Å²) >= 11 is 0. The Morgan fingerprint density at radius 1 is 1.30 bits per heavy atom. The number of hydrogen-bond acceptors (Lipinski definition) is 3. The van der Waals surface area contributed by atoms with E-state index in [1.54, 1.807) is 4.90 Å². The molecule has 1 saturated heterocycles. The normalized spacial score (nSPS) is 20.9. The van der Waals surface area contributed by atoms with Gasteiger partial charge in [0, 0.05) is 18.7 Å². The summed E-state index contributed by atoms with van der Waals surface area (Å²) in [6.45, 7) is 1.02. The number of ether oxygens (including phenoxy) is 1. The van der Waals surface area contributed by atoms with Crippen molar-refractivity contribution in [3.05, 3.63) is 35.4 Å². The number of nitrogens with zero attached hydrogens (tertiary/aromatic N) is 1. The fourth-order valence-electron chi connectivity index (χ4n) is 2.59. The Balaban J connectivity index is 1.76. The highest BCUT2D eigenvalue weighted by Gasteiger charge is 2.32. The van der Waals surface area contributed by atoms with E-state index in [-0.39, 0.29) is 19.1 Å². The summed E-state index contributed by atoms with van der Waals surface area (Å²) in [5, 5.41) is 8.98. The molecule has 20 heavy (non-hydrogen) atoms. The first-order chi connectivity index (χ1) is 9.65. The first kappa shape index (κ1) is 12.7. The van der Waals surface area contributed by atoms with Gasteiger partial charge in [-0.15, -0.1) is 0 Å². The van der Waals surface area contributed by atoms with Crippen LogP contribution in [-0.2, 0) is 9.59 Å². The summed E-state index contributed by atoms with van der Waals surface area (Å²) in [6, 6.07) is 7.54. The van der Waals surface area contributed by atoms with Gasteiger partial charge in [0.1, 0.15) is 12.4 Å². The van der Waals surface area contributed by atoms with Crippen LogP contribution in [0.5, 0.6) is 5.75 Å². The van der Waals surface area contributed by atoms with Crippen molar-refractivity contribution in [1.82, 2.24) is 4.90 Å². The third-order valence-corrected chi connectivity index (χ3v) is 3.73. The summed E-state index contributed by atoms with van der Waals surface area (Å²) < 4.78 is 5.56. The van der Waals surface area contributed by atoms with Crippen molar-refractivity contribution in [2.45, 2.75) is 6.42 Å². The van der Waals surface area contributed by atoms with Gasteiger partial charge in [-0.3, -0.25) is 9.59 Å². The SMILES string of the molecule is O=C(O)[C@H]1CCN(C(=O)C2=Cc3ccccc3OC2)C1. The molecule has 5 nitrogen and oxygen atoms in total. The number of likely N-dealkylation sites (tertiary alicyclic amines) is 1. The van der Waals surface area contributed by atoms with Crippen molar-refractivity contribution in [2.75, 3.05) is 19.7 Å². The van der Waals surface area contributed by atoms with Gasteiger partial charge in [-0.05, 0) is 18.6 Å². The number of carbonyl (C=O) groups is 2. The number of para-hydroxylation sites is 1. The zero-order valence-electron chi connectivity index (χ0n) is 10.9. The monoisotopic (exact) mass is 273 g/mol. The Bertz CT molecular complexity index is 593. The van der Waals surface area contributed by atoms with Gasteiger partial charge in [-0.1, -0.05) is 18.2 Å². The Labute approximate surface area is 116 Å². The van der Waals surface area contributed by atoms with Crippen LogP contribution in [0.4, 0.5) is 0 Å². The fourth-order valence-corrected chi connectivity index (χ4v) is 2.59. The minimum absolute atomic E-state index is 0.122. The van der Waals surface area contributed by atoms with E-state index in [0.29, 0.717) is 18.5 Å². The van der Waals surface area contributed by atoms with Gasteiger partial charge in [-0.25, -0.2) is 0 Å². The van der Waals surface area contributed by atoms with Crippen LogP contribution in [0.25, 0.3) is 6.08 Å². The highest BCUT2D eigenvalue weighted by Crippen LogP contribution is 2.27. The van der Waals surface area contributed by atoms with E-state index in [0.717, 1.165) is 11.3 Å². The average Bonchev–Trinajstić information content (AvgIpc) is 2.96. The van der Waals surface area contributed by atoms with E-state index in [1.807, 2.05) is 30.3 Å². The summed E-state index contributed by atoms with van der Waals surface area (Å²) in [5.74, 6) is -0.631. The molecule has 1 N–H and O–H groups in total. The molecule has 0 saturated carbocycles. The molecule has 0 radical (unpaired) electrons. The Morgan fingerprint density at radius 2 is 2.10 bits per heavy atom. The quantitative estimate of drug-likeness (QED) is 0.884. The van der Waals surface area contributed by atoms with Gasteiger partial charge in [0.15, 0.2) is 0 Å². The number of amides is 1. The van der Waals surface area contributed by atoms with E-state index in [4.69, 9.17) is 9.84 Å². The smallest absolute Gasteiger partial charge is 0.308 e. The lowest BCUT2D eigenvalue weighted by Gasteiger charge is -2.22. The molecule has 0 bridgehead atoms. The summed E-state index contributed by atoms with van der Waals surface area (Å²) in [7, 11) is 0. The molecule has 0 unspecified atom stereocenters. The summed E-state index contributed by atoms with van der Waals surface area (Å²) in [6.07, 6.45) is 2.35. The van der Waals surface area contributed by atoms with E-state index < -0.39 is 11.9 Å². The maximum atomic E-state index is 12.4. The minimum atomic E-state index is -0.834. The molecule has 2 aliphatic heterocycles. The van der Waals surface area contributed by atoms with Crippen molar-refractivity contribution >= 4 is 18.0 Å². The van der Waals surface area contributed by atoms with Gasteiger partial charge in [0.05, 0.1) is 11.5 Å².